The molecular weight excluding hydrogens is 580 g/mol. The maximum absolute atomic E-state index is 11.9. The van der Waals surface area contributed by atoms with Crippen LogP contribution in [0.4, 0.5) is 5.69 Å². The largest absolute Gasteiger partial charge is 0.493 e. The van der Waals surface area contributed by atoms with E-state index in [4.69, 9.17) is 18.9 Å². The Balaban J connectivity index is 1.64. The van der Waals surface area contributed by atoms with Gasteiger partial charge in [-0.2, -0.15) is 0 Å². The van der Waals surface area contributed by atoms with Crippen molar-refractivity contribution < 1.29 is 23.9 Å². The molecule has 8 heteroatoms. The Kier molecular flexibility index (Phi) is 12.2. The minimum atomic E-state index is -0.620. The second kappa shape index (κ2) is 16.5. The summed E-state index contributed by atoms with van der Waals surface area (Å²) >= 11 is 0. The lowest BCUT2D eigenvalue weighted by Crippen LogP contribution is -2.27. The van der Waals surface area contributed by atoms with Gasteiger partial charge in [0.2, 0.25) is 0 Å². The molecule has 0 aliphatic rings. The summed E-state index contributed by atoms with van der Waals surface area (Å²) in [5.41, 5.74) is 5.92. The zero-order valence-corrected chi connectivity index (χ0v) is 27.6. The van der Waals surface area contributed by atoms with Crippen molar-refractivity contribution in [2.45, 2.75) is 40.2 Å². The maximum atomic E-state index is 11.9. The Labute approximate surface area is 272 Å². The third-order valence-electron chi connectivity index (χ3n) is 8.11. The molecule has 0 aliphatic carbocycles. The van der Waals surface area contributed by atoms with Crippen LogP contribution in [0.2, 0.25) is 0 Å². The highest BCUT2D eigenvalue weighted by atomic mass is 16.6. The molecule has 4 aromatic rings. The highest BCUT2D eigenvalue weighted by molar-refractivity contribution is 5.98. The summed E-state index contributed by atoms with van der Waals surface area (Å²) in [6.45, 7) is 11.8. The third-order valence-corrected chi connectivity index (χ3v) is 8.11. The van der Waals surface area contributed by atoms with Crippen molar-refractivity contribution in [2.24, 2.45) is 0 Å². The maximum Gasteiger partial charge on any atom is 0.280 e. The number of hydrogen-bond donors (Lipinski definition) is 0. The normalized spacial score (nSPS) is 12.3. The average Bonchev–Trinajstić information content (AvgIpc) is 3.09. The molecule has 1 unspecified atom stereocenters. The number of nitrogens with zero attached hydrogens (tertiary/aromatic N) is 2. The smallest absolute Gasteiger partial charge is 0.280 e. The predicted octanol–water partition coefficient (Wildman–Crippen LogP) is 8.84. The van der Waals surface area contributed by atoms with Crippen molar-refractivity contribution in [1.82, 2.24) is 4.90 Å². The summed E-state index contributed by atoms with van der Waals surface area (Å²) in [7, 11) is 2.95. The minimum absolute atomic E-state index is 0.0945. The molecule has 0 saturated carbocycles. The van der Waals surface area contributed by atoms with E-state index in [1.807, 2.05) is 42.5 Å². The summed E-state index contributed by atoms with van der Waals surface area (Å²) < 4.78 is 22.9. The molecule has 4 aromatic carbocycles. The van der Waals surface area contributed by atoms with Gasteiger partial charge in [-0.05, 0) is 84.6 Å². The molecule has 1 atom stereocenters. The lowest BCUT2D eigenvalue weighted by atomic mass is 9.88. The minimum Gasteiger partial charge on any atom is -0.493 e. The first-order chi connectivity index (χ1) is 22.3. The second-order valence-electron chi connectivity index (χ2n) is 10.8. The standard InChI is InChI=1S/C38H44N2O6/c1-7-33(28-13-11-10-12-14-28)38(29-15-19-31(20-16-29)45-24-23-39(8-2)9-3)30-17-21-32(22-18-30)46-27(4)34-25-36(43-5)37(44-6)26-35(34)40(41)42/h10-22,25-27H,7-9,23-24H2,1-6H3. The quantitative estimate of drug-likeness (QED) is 0.0700. The molecule has 242 valence electrons. The highest BCUT2D eigenvalue weighted by Gasteiger charge is 2.25. The van der Waals surface area contributed by atoms with Crippen LogP contribution in [0.1, 0.15) is 62.5 Å². The number of nitro benzene ring substituents is 1. The van der Waals surface area contributed by atoms with E-state index in [-0.39, 0.29) is 11.4 Å². The Bertz CT molecular complexity index is 1600. The van der Waals surface area contributed by atoms with Crippen molar-refractivity contribution in [3.63, 3.8) is 0 Å². The highest BCUT2D eigenvalue weighted by Crippen LogP contribution is 2.40. The number of nitro groups is 1. The number of ether oxygens (including phenoxy) is 4. The molecule has 0 aromatic heterocycles. The molecule has 0 bridgehead atoms. The summed E-state index contributed by atoms with van der Waals surface area (Å²) in [5, 5.41) is 11.9. The van der Waals surface area contributed by atoms with Crippen molar-refractivity contribution in [1.29, 1.82) is 0 Å². The lowest BCUT2D eigenvalue weighted by Gasteiger charge is -2.19. The lowest BCUT2D eigenvalue weighted by molar-refractivity contribution is -0.386. The van der Waals surface area contributed by atoms with Crippen LogP contribution in [0.15, 0.2) is 91.0 Å². The molecule has 0 aliphatic heterocycles. The van der Waals surface area contributed by atoms with Gasteiger partial charge in [0.05, 0.1) is 30.8 Å². The van der Waals surface area contributed by atoms with Crippen molar-refractivity contribution >= 4 is 16.8 Å². The molecule has 4 rings (SSSR count). The van der Waals surface area contributed by atoms with Crippen molar-refractivity contribution in [3.8, 4) is 23.0 Å². The van der Waals surface area contributed by atoms with Crippen LogP contribution in [0, 0.1) is 10.1 Å². The number of likely N-dealkylation sites (N-methyl/N-ethyl adjacent to an activating group) is 1. The van der Waals surface area contributed by atoms with Gasteiger partial charge in [0.1, 0.15) is 24.2 Å². The zero-order valence-electron chi connectivity index (χ0n) is 27.6. The van der Waals surface area contributed by atoms with Crippen LogP contribution in [0.3, 0.4) is 0 Å². The predicted molar refractivity (Wildman–Crippen MR) is 184 cm³/mol. The van der Waals surface area contributed by atoms with Gasteiger partial charge in [-0.3, -0.25) is 10.1 Å². The molecule has 8 nitrogen and oxygen atoms in total. The van der Waals surface area contributed by atoms with E-state index in [0.717, 1.165) is 54.1 Å². The van der Waals surface area contributed by atoms with Gasteiger partial charge in [0.15, 0.2) is 11.5 Å². The van der Waals surface area contributed by atoms with E-state index < -0.39 is 11.0 Å². The number of methoxy groups -OCH3 is 2. The van der Waals surface area contributed by atoms with Crippen LogP contribution in [0.5, 0.6) is 23.0 Å². The fraction of sp³-hybridized carbons (Fsp3) is 0.316. The van der Waals surface area contributed by atoms with Gasteiger partial charge in [-0.1, -0.05) is 75.4 Å². The Morgan fingerprint density at radius 2 is 1.35 bits per heavy atom. The van der Waals surface area contributed by atoms with Crippen LogP contribution >= 0.6 is 0 Å². The van der Waals surface area contributed by atoms with Crippen LogP contribution < -0.4 is 18.9 Å². The topological polar surface area (TPSA) is 83.3 Å². The van der Waals surface area contributed by atoms with Crippen LogP contribution in [0.25, 0.3) is 11.1 Å². The molecule has 0 saturated heterocycles. The fourth-order valence-electron chi connectivity index (χ4n) is 5.57. The Morgan fingerprint density at radius 3 is 1.87 bits per heavy atom. The van der Waals surface area contributed by atoms with Gasteiger partial charge >= 0.3 is 0 Å². The molecule has 0 radical (unpaired) electrons. The van der Waals surface area contributed by atoms with Crippen LogP contribution in [-0.4, -0.2) is 50.3 Å². The van der Waals surface area contributed by atoms with E-state index >= 15 is 0 Å². The molecule has 0 spiro atoms. The van der Waals surface area contributed by atoms with E-state index in [9.17, 15) is 10.1 Å². The fourth-order valence-corrected chi connectivity index (χ4v) is 5.57. The first-order valence-electron chi connectivity index (χ1n) is 15.7. The molecule has 0 fully saturated rings. The number of hydrogen-bond acceptors (Lipinski definition) is 7. The summed E-state index contributed by atoms with van der Waals surface area (Å²) in [5.74, 6) is 2.12. The molecule has 0 N–H and O–H groups in total. The van der Waals surface area contributed by atoms with Crippen molar-refractivity contribution in [2.75, 3.05) is 40.5 Å². The summed E-state index contributed by atoms with van der Waals surface area (Å²) in [4.78, 5) is 13.8. The first kappa shape index (κ1) is 34.1. The molecular formula is C38H44N2O6. The van der Waals surface area contributed by atoms with Gasteiger partial charge in [0.25, 0.3) is 5.69 Å². The van der Waals surface area contributed by atoms with E-state index in [1.165, 1.54) is 25.9 Å². The summed E-state index contributed by atoms with van der Waals surface area (Å²) in [6.07, 6.45) is 0.213. The number of rotatable bonds is 16. The average molecular weight is 625 g/mol. The Morgan fingerprint density at radius 1 is 0.783 bits per heavy atom. The van der Waals surface area contributed by atoms with Gasteiger partial charge in [0, 0.05) is 6.54 Å². The second-order valence-corrected chi connectivity index (χ2v) is 10.8. The van der Waals surface area contributed by atoms with Gasteiger partial charge < -0.3 is 23.8 Å². The zero-order chi connectivity index (χ0) is 33.1. The molecule has 46 heavy (non-hydrogen) atoms. The first-order valence-corrected chi connectivity index (χ1v) is 15.7. The van der Waals surface area contributed by atoms with E-state index in [1.54, 1.807) is 13.0 Å². The molecule has 0 heterocycles. The van der Waals surface area contributed by atoms with Gasteiger partial charge in [-0.25, -0.2) is 0 Å². The summed E-state index contributed by atoms with van der Waals surface area (Å²) in [6, 6.07) is 29.6. The monoisotopic (exact) mass is 624 g/mol. The number of allylic oxidation sites excluding steroid dienone is 1. The molecule has 0 amide bonds. The third kappa shape index (κ3) is 8.25. The van der Waals surface area contributed by atoms with Crippen LogP contribution in [-0.2, 0) is 0 Å². The SMILES string of the molecule is CCC(=C(c1ccc(OCCN(CC)CC)cc1)c1ccc(OC(C)c2cc(OC)c(OC)cc2[N+](=O)[O-])cc1)c1ccccc1. The van der Waals surface area contributed by atoms with E-state index in [2.05, 4.69) is 62.1 Å². The van der Waals surface area contributed by atoms with Gasteiger partial charge in [-0.15, -0.1) is 0 Å². The van der Waals surface area contributed by atoms with E-state index in [0.29, 0.717) is 23.7 Å². The Hall–Kier alpha value is -4.82. The number of benzene rings is 4. The van der Waals surface area contributed by atoms with Crippen molar-refractivity contribution in [3.05, 3.63) is 123 Å².